The zero-order valence-electron chi connectivity index (χ0n) is 17.4. The first-order valence-electron chi connectivity index (χ1n) is 10.7. The Morgan fingerprint density at radius 2 is 1.63 bits per heavy atom. The maximum absolute atomic E-state index is 2.61. The van der Waals surface area contributed by atoms with E-state index in [1.807, 2.05) is 0 Å². The summed E-state index contributed by atoms with van der Waals surface area (Å²) in [6, 6.07) is 17.2. The van der Waals surface area contributed by atoms with Gasteiger partial charge < -0.3 is 0 Å². The zero-order valence-corrected chi connectivity index (χ0v) is 17.4. The van der Waals surface area contributed by atoms with E-state index >= 15 is 0 Å². The van der Waals surface area contributed by atoms with E-state index in [4.69, 9.17) is 0 Å². The Kier molecular flexibility index (Phi) is 5.39. The van der Waals surface area contributed by atoms with Gasteiger partial charge in [-0.05, 0) is 66.1 Å². The lowest BCUT2D eigenvalue weighted by Gasteiger charge is -2.23. The molecule has 0 amide bonds. The van der Waals surface area contributed by atoms with Crippen LogP contribution in [0, 0.1) is 0 Å². The van der Waals surface area contributed by atoms with Gasteiger partial charge in [0.15, 0.2) is 0 Å². The van der Waals surface area contributed by atoms with Crippen molar-refractivity contribution in [2.24, 2.45) is 0 Å². The van der Waals surface area contributed by atoms with Crippen molar-refractivity contribution in [2.75, 3.05) is 20.1 Å². The van der Waals surface area contributed by atoms with Gasteiger partial charge in [0.05, 0.1) is 0 Å². The molecule has 144 valence electrons. The first-order valence-corrected chi connectivity index (χ1v) is 10.7. The molecule has 0 spiro atoms. The van der Waals surface area contributed by atoms with Crippen molar-refractivity contribution in [2.45, 2.75) is 64.6 Å². The average molecular weight is 363 g/mol. The Morgan fingerprint density at radius 1 is 0.926 bits per heavy atom. The summed E-state index contributed by atoms with van der Waals surface area (Å²) >= 11 is 0. The van der Waals surface area contributed by atoms with Crippen molar-refractivity contribution >= 4 is 0 Å². The molecular formula is C25H34N2. The van der Waals surface area contributed by atoms with Crippen LogP contribution in [0.2, 0.25) is 0 Å². The van der Waals surface area contributed by atoms with Crippen molar-refractivity contribution < 1.29 is 0 Å². The van der Waals surface area contributed by atoms with Gasteiger partial charge in [-0.1, -0.05) is 63.2 Å². The summed E-state index contributed by atoms with van der Waals surface area (Å²) in [6.45, 7) is 11.5. The first-order chi connectivity index (χ1) is 13.0. The summed E-state index contributed by atoms with van der Waals surface area (Å²) in [5, 5.41) is 0. The predicted octanol–water partition coefficient (Wildman–Crippen LogP) is 5.70. The standard InChI is InChI=1S/C25H34N2/c1-18(2)22-11-12-23-16-27(17-24(23)14-22)15-19(3)20-7-9-21(10-8-20)25-6-5-13-26(25)4/h7-12,14,18-19,25H,5-6,13,15-17H2,1-4H3. The highest BCUT2D eigenvalue weighted by Crippen LogP contribution is 2.32. The number of likely N-dealkylation sites (tertiary alicyclic amines) is 1. The number of hydrogen-bond donors (Lipinski definition) is 0. The Balaban J connectivity index is 1.38. The normalized spacial score (nSPS) is 21.7. The van der Waals surface area contributed by atoms with Crippen LogP contribution in [0.5, 0.6) is 0 Å². The summed E-state index contributed by atoms with van der Waals surface area (Å²) in [4.78, 5) is 5.10. The van der Waals surface area contributed by atoms with Crippen LogP contribution in [-0.4, -0.2) is 29.9 Å². The zero-order chi connectivity index (χ0) is 19.0. The van der Waals surface area contributed by atoms with Gasteiger partial charge in [-0.25, -0.2) is 0 Å². The second kappa shape index (κ2) is 7.77. The maximum Gasteiger partial charge on any atom is 0.0345 e. The van der Waals surface area contributed by atoms with Gasteiger partial charge in [0.25, 0.3) is 0 Å². The topological polar surface area (TPSA) is 6.48 Å². The minimum absolute atomic E-state index is 0.569. The average Bonchev–Trinajstić information content (AvgIpc) is 3.26. The summed E-state index contributed by atoms with van der Waals surface area (Å²) in [5.74, 6) is 1.18. The molecule has 2 atom stereocenters. The highest BCUT2D eigenvalue weighted by atomic mass is 15.1. The van der Waals surface area contributed by atoms with Gasteiger partial charge in [-0.2, -0.15) is 0 Å². The largest absolute Gasteiger partial charge is 0.299 e. The Hall–Kier alpha value is -1.64. The fraction of sp³-hybridized carbons (Fsp3) is 0.520. The molecule has 0 N–H and O–H groups in total. The summed E-state index contributed by atoms with van der Waals surface area (Å²) in [6.07, 6.45) is 2.63. The molecule has 2 aromatic carbocycles. The molecule has 1 fully saturated rings. The van der Waals surface area contributed by atoms with E-state index < -0.39 is 0 Å². The van der Waals surface area contributed by atoms with Gasteiger partial charge in [-0.15, -0.1) is 0 Å². The van der Waals surface area contributed by atoms with E-state index in [0.717, 1.165) is 19.6 Å². The van der Waals surface area contributed by atoms with Crippen LogP contribution in [0.15, 0.2) is 42.5 Å². The van der Waals surface area contributed by atoms with Gasteiger partial charge in [0.1, 0.15) is 0 Å². The third-order valence-corrected chi connectivity index (χ3v) is 6.63. The second-order valence-electron chi connectivity index (χ2n) is 9.06. The monoisotopic (exact) mass is 362 g/mol. The minimum Gasteiger partial charge on any atom is -0.299 e. The molecule has 2 aromatic rings. The third-order valence-electron chi connectivity index (χ3n) is 6.63. The number of hydrogen-bond acceptors (Lipinski definition) is 2. The molecule has 2 nitrogen and oxygen atoms in total. The number of nitrogens with zero attached hydrogens (tertiary/aromatic N) is 2. The van der Waals surface area contributed by atoms with Crippen LogP contribution in [-0.2, 0) is 13.1 Å². The highest BCUT2D eigenvalue weighted by Gasteiger charge is 2.24. The van der Waals surface area contributed by atoms with E-state index in [9.17, 15) is 0 Å². The number of benzene rings is 2. The molecule has 4 rings (SSSR count). The quantitative estimate of drug-likeness (QED) is 0.673. The highest BCUT2D eigenvalue weighted by molar-refractivity contribution is 5.36. The van der Waals surface area contributed by atoms with Crippen molar-refractivity contribution in [3.8, 4) is 0 Å². The molecule has 0 aliphatic carbocycles. The summed E-state index contributed by atoms with van der Waals surface area (Å²) in [5.41, 5.74) is 7.48. The molecule has 0 saturated carbocycles. The molecule has 2 aliphatic rings. The fourth-order valence-corrected chi connectivity index (χ4v) is 4.84. The van der Waals surface area contributed by atoms with Gasteiger partial charge in [0.2, 0.25) is 0 Å². The third kappa shape index (κ3) is 3.97. The van der Waals surface area contributed by atoms with Crippen molar-refractivity contribution in [1.82, 2.24) is 9.80 Å². The lowest BCUT2D eigenvalue weighted by molar-refractivity contribution is 0.269. The van der Waals surface area contributed by atoms with Crippen LogP contribution in [0.1, 0.15) is 79.3 Å². The molecule has 2 aliphatic heterocycles. The van der Waals surface area contributed by atoms with Crippen LogP contribution in [0.25, 0.3) is 0 Å². The fourth-order valence-electron chi connectivity index (χ4n) is 4.84. The molecule has 2 heterocycles. The molecule has 0 aromatic heterocycles. The van der Waals surface area contributed by atoms with E-state index in [0.29, 0.717) is 17.9 Å². The minimum atomic E-state index is 0.569. The lowest BCUT2D eigenvalue weighted by Crippen LogP contribution is -2.22. The van der Waals surface area contributed by atoms with Crippen molar-refractivity contribution in [3.63, 3.8) is 0 Å². The summed E-state index contributed by atoms with van der Waals surface area (Å²) < 4.78 is 0. The second-order valence-corrected chi connectivity index (χ2v) is 9.06. The lowest BCUT2D eigenvalue weighted by atomic mass is 9.96. The van der Waals surface area contributed by atoms with Crippen LogP contribution in [0.4, 0.5) is 0 Å². The first kappa shape index (κ1) is 18.7. The van der Waals surface area contributed by atoms with Crippen LogP contribution >= 0.6 is 0 Å². The van der Waals surface area contributed by atoms with Gasteiger partial charge >= 0.3 is 0 Å². The molecule has 1 saturated heterocycles. The van der Waals surface area contributed by atoms with E-state index in [-0.39, 0.29) is 0 Å². The van der Waals surface area contributed by atoms with Crippen molar-refractivity contribution in [3.05, 3.63) is 70.3 Å². The van der Waals surface area contributed by atoms with Crippen molar-refractivity contribution in [1.29, 1.82) is 0 Å². The summed E-state index contributed by atoms with van der Waals surface area (Å²) in [7, 11) is 2.25. The van der Waals surface area contributed by atoms with Crippen LogP contribution in [0.3, 0.4) is 0 Å². The molecule has 27 heavy (non-hydrogen) atoms. The maximum atomic E-state index is 2.61. The molecular weight excluding hydrogens is 328 g/mol. The molecule has 2 heteroatoms. The Morgan fingerprint density at radius 3 is 2.30 bits per heavy atom. The Bertz CT molecular complexity index is 777. The predicted molar refractivity (Wildman–Crippen MR) is 114 cm³/mol. The van der Waals surface area contributed by atoms with Gasteiger partial charge in [-0.3, -0.25) is 9.80 Å². The number of rotatable bonds is 5. The smallest absolute Gasteiger partial charge is 0.0345 e. The number of fused-ring (bicyclic) bond motifs is 1. The van der Waals surface area contributed by atoms with E-state index in [1.54, 1.807) is 0 Å². The van der Waals surface area contributed by atoms with Crippen LogP contribution < -0.4 is 0 Å². The molecule has 0 bridgehead atoms. The SMILES string of the molecule is CC(C)c1ccc2c(c1)CN(CC(C)c1ccc(C3CCCN3C)cc1)C2. The van der Waals surface area contributed by atoms with E-state index in [2.05, 4.69) is 80.1 Å². The Labute approximate surface area is 165 Å². The van der Waals surface area contributed by atoms with Gasteiger partial charge in [0, 0.05) is 25.7 Å². The molecule has 2 unspecified atom stereocenters. The molecule has 0 radical (unpaired) electrons. The van der Waals surface area contributed by atoms with E-state index in [1.165, 1.54) is 47.2 Å².